The number of hydrogen-bond donors (Lipinski definition) is 3. The van der Waals surface area contributed by atoms with E-state index in [9.17, 15) is 14.4 Å². The number of hydrazine groups is 1. The average molecular weight is 270 g/mol. The van der Waals surface area contributed by atoms with Crippen LogP contribution < -0.4 is 17.3 Å². The molecule has 0 saturated heterocycles. The van der Waals surface area contributed by atoms with Gasteiger partial charge in [-0.3, -0.25) is 19.4 Å². The number of carbonyl (C=O) groups excluding carboxylic acids is 3. The Morgan fingerprint density at radius 2 is 1.74 bits per heavy atom. The van der Waals surface area contributed by atoms with Crippen LogP contribution in [0.4, 0.5) is 0 Å². The summed E-state index contributed by atoms with van der Waals surface area (Å²) in [6.07, 6.45) is 3.09. The molecule has 3 atom stereocenters. The van der Waals surface area contributed by atoms with E-state index in [0.29, 0.717) is 12.8 Å². The van der Waals surface area contributed by atoms with Crippen molar-refractivity contribution in [2.45, 2.75) is 38.6 Å². The van der Waals surface area contributed by atoms with Crippen molar-refractivity contribution in [1.82, 2.24) is 5.01 Å². The summed E-state index contributed by atoms with van der Waals surface area (Å²) in [5.74, 6) is 3.69. The maximum absolute atomic E-state index is 12.3. The highest BCUT2D eigenvalue weighted by atomic mass is 16.2. The lowest BCUT2D eigenvalue weighted by Gasteiger charge is -2.33. The lowest BCUT2D eigenvalue weighted by molar-refractivity contribution is -0.147. The number of hydrogen-bond acceptors (Lipinski definition) is 5. The summed E-state index contributed by atoms with van der Waals surface area (Å²) < 4.78 is 0. The first-order valence-electron chi connectivity index (χ1n) is 6.47. The molecule has 6 N–H and O–H groups in total. The Hall–Kier alpha value is -1.47. The molecular weight excluding hydrogens is 248 g/mol. The largest absolute Gasteiger partial charge is 0.368 e. The number of amides is 2. The minimum Gasteiger partial charge on any atom is -0.368 e. The summed E-state index contributed by atoms with van der Waals surface area (Å²) >= 11 is 0. The number of primary amides is 1. The van der Waals surface area contributed by atoms with Gasteiger partial charge in [0.15, 0.2) is 0 Å². The maximum atomic E-state index is 12.3. The van der Waals surface area contributed by atoms with E-state index in [1.165, 1.54) is 6.92 Å². The Balaban J connectivity index is 2.84. The molecule has 0 bridgehead atoms. The average Bonchev–Trinajstić information content (AvgIpc) is 2.38. The van der Waals surface area contributed by atoms with Crippen molar-refractivity contribution in [2.75, 3.05) is 6.54 Å². The summed E-state index contributed by atoms with van der Waals surface area (Å²) in [7, 11) is 0. The number of carbonyl (C=O) groups is 3. The van der Waals surface area contributed by atoms with E-state index in [1.54, 1.807) is 0 Å². The molecule has 7 nitrogen and oxygen atoms in total. The van der Waals surface area contributed by atoms with Crippen LogP contribution in [0.25, 0.3) is 0 Å². The van der Waals surface area contributed by atoms with Crippen LogP contribution in [0.1, 0.15) is 32.6 Å². The van der Waals surface area contributed by atoms with Crippen LogP contribution in [0.2, 0.25) is 0 Å². The van der Waals surface area contributed by atoms with Crippen LogP contribution in [0.15, 0.2) is 0 Å². The number of nitrogens with zero attached hydrogens (tertiary/aromatic N) is 1. The Morgan fingerprint density at radius 1 is 1.21 bits per heavy atom. The van der Waals surface area contributed by atoms with Crippen molar-refractivity contribution >= 4 is 17.6 Å². The number of nitrogens with two attached hydrogens (primary N) is 3. The van der Waals surface area contributed by atoms with Crippen LogP contribution >= 0.6 is 0 Å². The quantitative estimate of drug-likeness (QED) is 0.331. The van der Waals surface area contributed by atoms with Gasteiger partial charge in [-0.05, 0) is 19.8 Å². The van der Waals surface area contributed by atoms with Crippen molar-refractivity contribution < 1.29 is 14.4 Å². The van der Waals surface area contributed by atoms with Gasteiger partial charge in [0.05, 0.1) is 0 Å². The molecule has 0 aliphatic heterocycles. The second-order valence-corrected chi connectivity index (χ2v) is 5.01. The molecular formula is C12H22N4O3. The predicted octanol–water partition coefficient (Wildman–Crippen LogP) is -1.10. The molecule has 108 valence electrons. The van der Waals surface area contributed by atoms with E-state index >= 15 is 0 Å². The zero-order valence-electron chi connectivity index (χ0n) is 11.2. The Kier molecular flexibility index (Phi) is 5.44. The molecule has 0 aromatic carbocycles. The van der Waals surface area contributed by atoms with Gasteiger partial charge in [0, 0.05) is 18.4 Å². The molecule has 1 aliphatic carbocycles. The van der Waals surface area contributed by atoms with E-state index in [2.05, 4.69) is 0 Å². The molecule has 0 spiro atoms. The van der Waals surface area contributed by atoms with Crippen molar-refractivity contribution in [1.29, 1.82) is 0 Å². The Labute approximate surface area is 112 Å². The lowest BCUT2D eigenvalue weighted by atomic mass is 9.76. The second-order valence-electron chi connectivity index (χ2n) is 5.01. The van der Waals surface area contributed by atoms with E-state index in [-0.39, 0.29) is 18.2 Å². The van der Waals surface area contributed by atoms with Crippen molar-refractivity contribution in [3.05, 3.63) is 0 Å². The third-order valence-electron chi connectivity index (χ3n) is 3.75. The summed E-state index contributed by atoms with van der Waals surface area (Å²) in [4.78, 5) is 35.1. The van der Waals surface area contributed by atoms with Gasteiger partial charge in [0.2, 0.25) is 11.8 Å². The van der Waals surface area contributed by atoms with Crippen molar-refractivity contribution in [3.8, 4) is 0 Å². The first-order valence-corrected chi connectivity index (χ1v) is 6.47. The molecule has 0 radical (unpaired) electrons. The van der Waals surface area contributed by atoms with Crippen LogP contribution in [0.5, 0.6) is 0 Å². The van der Waals surface area contributed by atoms with E-state index in [4.69, 9.17) is 17.3 Å². The van der Waals surface area contributed by atoms with E-state index in [1.807, 2.05) is 0 Å². The van der Waals surface area contributed by atoms with Gasteiger partial charge in [-0.1, -0.05) is 12.8 Å². The summed E-state index contributed by atoms with van der Waals surface area (Å²) in [5, 5.41) is 0.800. The van der Waals surface area contributed by atoms with Crippen LogP contribution in [0.3, 0.4) is 0 Å². The highest BCUT2D eigenvalue weighted by Gasteiger charge is 2.38. The minimum atomic E-state index is -1.03. The monoisotopic (exact) mass is 270 g/mol. The molecule has 1 fully saturated rings. The maximum Gasteiger partial charge on any atom is 0.243 e. The minimum absolute atomic E-state index is 0.0187. The van der Waals surface area contributed by atoms with Gasteiger partial charge >= 0.3 is 0 Å². The molecule has 1 aliphatic rings. The zero-order valence-corrected chi connectivity index (χ0v) is 11.2. The Bertz CT molecular complexity index is 372. The molecule has 0 aromatic rings. The van der Waals surface area contributed by atoms with Gasteiger partial charge < -0.3 is 11.5 Å². The van der Waals surface area contributed by atoms with Crippen LogP contribution in [-0.4, -0.2) is 35.2 Å². The van der Waals surface area contributed by atoms with Gasteiger partial charge in [0.25, 0.3) is 0 Å². The highest BCUT2D eigenvalue weighted by Crippen LogP contribution is 2.32. The summed E-state index contributed by atoms with van der Waals surface area (Å²) in [5.41, 5.74) is 10.5. The molecule has 2 amide bonds. The van der Waals surface area contributed by atoms with Crippen molar-refractivity contribution in [2.24, 2.45) is 29.1 Å². The van der Waals surface area contributed by atoms with Gasteiger partial charge in [-0.2, -0.15) is 0 Å². The highest BCUT2D eigenvalue weighted by molar-refractivity contribution is 5.91. The number of rotatable bonds is 5. The predicted molar refractivity (Wildman–Crippen MR) is 69.2 cm³/mol. The molecule has 19 heavy (non-hydrogen) atoms. The summed E-state index contributed by atoms with van der Waals surface area (Å²) in [6, 6.07) is -1.03. The molecule has 1 rings (SSSR count). The molecule has 0 heterocycles. The molecule has 1 saturated carbocycles. The third-order valence-corrected chi connectivity index (χ3v) is 3.75. The SMILES string of the molecule is CC(=O)[C@@H]1CCCCC1C(=O)N(N)[C@@H](CN)C(N)=O. The summed E-state index contributed by atoms with van der Waals surface area (Å²) in [6.45, 7) is 1.35. The lowest BCUT2D eigenvalue weighted by Crippen LogP contribution is -2.58. The standard InChI is InChI=1S/C12H22N4O3/c1-7(17)8-4-2-3-5-9(8)12(19)16(15)10(6-13)11(14)18/h8-10H,2-6,13,15H2,1H3,(H2,14,18)/t8-,9?,10-/m0/s1. The molecule has 7 heteroatoms. The number of ketones is 1. The van der Waals surface area contributed by atoms with E-state index < -0.39 is 23.8 Å². The normalized spacial score (nSPS) is 24.6. The fraction of sp³-hybridized carbons (Fsp3) is 0.750. The smallest absolute Gasteiger partial charge is 0.243 e. The third kappa shape index (κ3) is 3.51. The second kappa shape index (κ2) is 6.63. The van der Waals surface area contributed by atoms with Gasteiger partial charge in [0.1, 0.15) is 11.8 Å². The molecule has 0 aromatic heterocycles. The van der Waals surface area contributed by atoms with E-state index in [0.717, 1.165) is 17.9 Å². The first kappa shape index (κ1) is 15.6. The first-order chi connectivity index (χ1) is 8.90. The van der Waals surface area contributed by atoms with Crippen LogP contribution in [0, 0.1) is 11.8 Å². The van der Waals surface area contributed by atoms with Gasteiger partial charge in [-0.25, -0.2) is 5.84 Å². The van der Waals surface area contributed by atoms with Gasteiger partial charge in [-0.15, -0.1) is 0 Å². The van der Waals surface area contributed by atoms with Crippen molar-refractivity contribution in [3.63, 3.8) is 0 Å². The molecule has 1 unspecified atom stereocenters. The fourth-order valence-corrected chi connectivity index (χ4v) is 2.62. The fourth-order valence-electron chi connectivity index (χ4n) is 2.62. The zero-order chi connectivity index (χ0) is 14.6. The van der Waals surface area contributed by atoms with Crippen LogP contribution in [-0.2, 0) is 14.4 Å². The topological polar surface area (TPSA) is 133 Å². The number of Topliss-reactive ketones (excluding diaryl/α,β-unsaturated/α-hetero) is 1. The Morgan fingerprint density at radius 3 is 2.16 bits per heavy atom.